The molecule has 2 rings (SSSR count). The first-order chi connectivity index (χ1) is 10.3. The van der Waals surface area contributed by atoms with Crippen molar-refractivity contribution in [3.8, 4) is 0 Å². The van der Waals surface area contributed by atoms with Gasteiger partial charge in [-0.2, -0.15) is 0 Å². The Morgan fingerprint density at radius 2 is 2.00 bits per heavy atom. The van der Waals surface area contributed by atoms with E-state index in [0.29, 0.717) is 12.5 Å². The summed E-state index contributed by atoms with van der Waals surface area (Å²) in [6.07, 6.45) is 10.9. The number of piperidine rings is 2. The molecule has 2 aliphatic heterocycles. The minimum absolute atomic E-state index is 0.0638. The van der Waals surface area contributed by atoms with Gasteiger partial charge in [0.2, 0.25) is 0 Å². The number of carbonyl (C=O) groups excluding carboxylic acids is 1. The van der Waals surface area contributed by atoms with E-state index in [-0.39, 0.29) is 11.9 Å². The van der Waals surface area contributed by atoms with Crippen molar-refractivity contribution in [2.45, 2.75) is 77.7 Å². The van der Waals surface area contributed by atoms with Crippen molar-refractivity contribution in [2.75, 3.05) is 19.7 Å². The summed E-state index contributed by atoms with van der Waals surface area (Å²) in [5, 5.41) is 0. The number of ether oxygens (including phenoxy) is 1. The predicted molar refractivity (Wildman–Crippen MR) is 85.3 cm³/mol. The van der Waals surface area contributed by atoms with Crippen LogP contribution in [0.2, 0.25) is 0 Å². The lowest BCUT2D eigenvalue weighted by Crippen LogP contribution is -3.18. The standard InChI is InChI=1S/C18H33NO2/c1-3-5-9-15(4-2)18(20)21-14-16-10-8-13-19-12-7-6-11-17(16)19/h15-17H,3-14H2,1-2H3/p+1/t15-,16+,17+/m0/s1. The molecule has 3 heteroatoms. The molecule has 2 saturated heterocycles. The van der Waals surface area contributed by atoms with Gasteiger partial charge in [-0.05, 0) is 44.9 Å². The highest BCUT2D eigenvalue weighted by molar-refractivity contribution is 5.72. The van der Waals surface area contributed by atoms with Gasteiger partial charge in [0.15, 0.2) is 0 Å². The van der Waals surface area contributed by atoms with Crippen molar-refractivity contribution in [2.24, 2.45) is 11.8 Å². The number of esters is 1. The summed E-state index contributed by atoms with van der Waals surface area (Å²) in [5.41, 5.74) is 0. The zero-order chi connectivity index (χ0) is 15.1. The lowest BCUT2D eigenvalue weighted by atomic mass is 9.84. The average molecular weight is 296 g/mol. The molecule has 122 valence electrons. The van der Waals surface area contributed by atoms with E-state index >= 15 is 0 Å². The van der Waals surface area contributed by atoms with Crippen LogP contribution in [0.25, 0.3) is 0 Å². The van der Waals surface area contributed by atoms with Crippen LogP contribution in [-0.4, -0.2) is 31.7 Å². The molecule has 0 bridgehead atoms. The summed E-state index contributed by atoms with van der Waals surface area (Å²) in [7, 11) is 0. The van der Waals surface area contributed by atoms with Gasteiger partial charge in [-0.3, -0.25) is 4.79 Å². The molecule has 1 N–H and O–H groups in total. The fraction of sp³-hybridized carbons (Fsp3) is 0.944. The molecule has 0 radical (unpaired) electrons. The molecule has 4 atom stereocenters. The van der Waals surface area contributed by atoms with Crippen LogP contribution in [0.1, 0.15) is 71.6 Å². The molecule has 0 aromatic carbocycles. The van der Waals surface area contributed by atoms with Crippen LogP contribution in [0.5, 0.6) is 0 Å². The van der Waals surface area contributed by atoms with Crippen LogP contribution >= 0.6 is 0 Å². The number of rotatable bonds is 7. The average Bonchev–Trinajstić information content (AvgIpc) is 2.53. The summed E-state index contributed by atoms with van der Waals surface area (Å²) in [6, 6.07) is 0.760. The quantitative estimate of drug-likeness (QED) is 0.732. The van der Waals surface area contributed by atoms with Gasteiger partial charge >= 0.3 is 5.97 Å². The number of quaternary nitrogens is 1. The topological polar surface area (TPSA) is 30.7 Å². The largest absolute Gasteiger partial charge is 0.465 e. The summed E-state index contributed by atoms with van der Waals surface area (Å²) >= 11 is 0. The molecule has 3 nitrogen and oxygen atoms in total. The first kappa shape index (κ1) is 16.8. The molecule has 0 amide bonds. The maximum Gasteiger partial charge on any atom is 0.308 e. The Balaban J connectivity index is 1.79. The number of fused-ring (bicyclic) bond motifs is 1. The highest BCUT2D eigenvalue weighted by Crippen LogP contribution is 2.22. The fourth-order valence-electron chi connectivity index (χ4n) is 4.22. The smallest absolute Gasteiger partial charge is 0.308 e. The van der Waals surface area contributed by atoms with Crippen LogP contribution in [0.4, 0.5) is 0 Å². The van der Waals surface area contributed by atoms with Crippen LogP contribution in [-0.2, 0) is 9.53 Å². The van der Waals surface area contributed by atoms with Gasteiger partial charge in [-0.1, -0.05) is 26.7 Å². The second-order valence-electron chi connectivity index (χ2n) is 7.04. The van der Waals surface area contributed by atoms with Crippen molar-refractivity contribution < 1.29 is 14.4 Å². The first-order valence-corrected chi connectivity index (χ1v) is 9.27. The van der Waals surface area contributed by atoms with Crippen molar-refractivity contribution in [1.29, 1.82) is 0 Å². The number of hydrogen-bond donors (Lipinski definition) is 1. The summed E-state index contributed by atoms with van der Waals surface area (Å²) in [6.45, 7) is 7.64. The second kappa shape index (κ2) is 8.77. The Labute approximate surface area is 130 Å². The molecule has 0 spiro atoms. The van der Waals surface area contributed by atoms with E-state index in [2.05, 4.69) is 13.8 Å². The summed E-state index contributed by atoms with van der Waals surface area (Å²) < 4.78 is 5.73. The molecule has 1 unspecified atom stereocenters. The third-order valence-electron chi connectivity index (χ3n) is 5.60. The SMILES string of the molecule is CCCC[C@H](CC)C(=O)OC[C@H]1CCC[NH+]2CCCC[C@H]12. The zero-order valence-electron chi connectivity index (χ0n) is 14.0. The summed E-state index contributed by atoms with van der Waals surface area (Å²) in [4.78, 5) is 14.0. The van der Waals surface area contributed by atoms with Gasteiger partial charge < -0.3 is 9.64 Å². The normalized spacial score (nSPS) is 30.5. The molecule has 0 aromatic rings. The molecular formula is C18H34NO2+. The maximum absolute atomic E-state index is 12.3. The Morgan fingerprint density at radius 1 is 1.19 bits per heavy atom. The Morgan fingerprint density at radius 3 is 2.76 bits per heavy atom. The van der Waals surface area contributed by atoms with Gasteiger partial charge in [-0.25, -0.2) is 0 Å². The summed E-state index contributed by atoms with van der Waals surface area (Å²) in [5.74, 6) is 0.805. The van der Waals surface area contributed by atoms with Gasteiger partial charge in [0, 0.05) is 5.92 Å². The van der Waals surface area contributed by atoms with Gasteiger partial charge in [0.05, 0.1) is 31.7 Å². The fourth-order valence-corrected chi connectivity index (χ4v) is 4.22. The van der Waals surface area contributed by atoms with Gasteiger partial charge in [0.1, 0.15) is 0 Å². The lowest BCUT2D eigenvalue weighted by Gasteiger charge is -2.41. The Bertz CT molecular complexity index is 316. The number of nitrogens with one attached hydrogen (secondary N) is 1. The van der Waals surface area contributed by atoms with Crippen molar-refractivity contribution >= 4 is 5.97 Å². The first-order valence-electron chi connectivity index (χ1n) is 9.27. The molecular weight excluding hydrogens is 262 g/mol. The predicted octanol–water partition coefficient (Wildman–Crippen LogP) is 2.59. The molecule has 2 heterocycles. The van der Waals surface area contributed by atoms with Crippen LogP contribution in [0.15, 0.2) is 0 Å². The number of hydrogen-bond acceptors (Lipinski definition) is 2. The molecule has 2 aliphatic rings. The van der Waals surface area contributed by atoms with Crippen molar-refractivity contribution in [3.05, 3.63) is 0 Å². The second-order valence-corrected chi connectivity index (χ2v) is 7.04. The van der Waals surface area contributed by atoms with E-state index in [1.807, 2.05) is 0 Å². The van der Waals surface area contributed by atoms with E-state index in [1.54, 1.807) is 4.90 Å². The minimum Gasteiger partial charge on any atom is -0.465 e. The van der Waals surface area contributed by atoms with E-state index in [0.717, 1.165) is 31.7 Å². The third-order valence-corrected chi connectivity index (χ3v) is 5.60. The maximum atomic E-state index is 12.3. The number of carbonyl (C=O) groups is 1. The highest BCUT2D eigenvalue weighted by atomic mass is 16.5. The number of unbranched alkanes of at least 4 members (excludes halogenated alkanes) is 1. The van der Waals surface area contributed by atoms with Crippen LogP contribution in [0, 0.1) is 11.8 Å². The third kappa shape index (κ3) is 4.70. The molecule has 21 heavy (non-hydrogen) atoms. The lowest BCUT2D eigenvalue weighted by molar-refractivity contribution is -0.940. The van der Waals surface area contributed by atoms with Crippen molar-refractivity contribution in [1.82, 2.24) is 0 Å². The Hall–Kier alpha value is -0.570. The van der Waals surface area contributed by atoms with E-state index in [4.69, 9.17) is 4.74 Å². The van der Waals surface area contributed by atoms with Gasteiger partial charge in [-0.15, -0.1) is 0 Å². The van der Waals surface area contributed by atoms with Crippen molar-refractivity contribution in [3.63, 3.8) is 0 Å². The monoisotopic (exact) mass is 296 g/mol. The van der Waals surface area contributed by atoms with E-state index in [9.17, 15) is 4.79 Å². The van der Waals surface area contributed by atoms with E-state index in [1.165, 1.54) is 45.2 Å². The molecule has 0 saturated carbocycles. The zero-order valence-corrected chi connectivity index (χ0v) is 14.0. The molecule has 0 aromatic heterocycles. The van der Waals surface area contributed by atoms with E-state index < -0.39 is 0 Å². The molecule has 0 aliphatic carbocycles. The van der Waals surface area contributed by atoms with Crippen LogP contribution in [0.3, 0.4) is 0 Å². The van der Waals surface area contributed by atoms with Gasteiger partial charge in [0.25, 0.3) is 0 Å². The Kier molecular flexibility index (Phi) is 7.01. The van der Waals surface area contributed by atoms with Crippen LogP contribution < -0.4 is 4.90 Å². The molecule has 2 fully saturated rings. The highest BCUT2D eigenvalue weighted by Gasteiger charge is 2.37. The minimum atomic E-state index is 0.0638.